The molecule has 2 aliphatic rings. The van der Waals surface area contributed by atoms with Gasteiger partial charge in [-0.3, -0.25) is 4.79 Å². The van der Waals surface area contributed by atoms with E-state index in [9.17, 15) is 4.79 Å². The van der Waals surface area contributed by atoms with Crippen molar-refractivity contribution in [3.05, 3.63) is 71.3 Å². The number of carbonyl (C=O) groups excluding carboxylic acids is 1. The molecule has 24 heavy (non-hydrogen) atoms. The van der Waals surface area contributed by atoms with E-state index in [2.05, 4.69) is 54.7 Å². The Morgan fingerprint density at radius 3 is 2.62 bits per heavy atom. The molecule has 1 amide bonds. The third-order valence-electron chi connectivity index (χ3n) is 5.50. The number of nitrogens with one attached hydrogen (secondary N) is 1. The first kappa shape index (κ1) is 15.2. The molecule has 0 fully saturated rings. The van der Waals surface area contributed by atoms with Gasteiger partial charge in [-0.2, -0.15) is 0 Å². The van der Waals surface area contributed by atoms with Gasteiger partial charge in [0.05, 0.1) is 0 Å². The van der Waals surface area contributed by atoms with Gasteiger partial charge >= 0.3 is 0 Å². The van der Waals surface area contributed by atoms with Crippen molar-refractivity contribution in [2.24, 2.45) is 11.8 Å². The van der Waals surface area contributed by atoms with Crippen LogP contribution < -0.4 is 5.32 Å². The summed E-state index contributed by atoms with van der Waals surface area (Å²) in [4.78, 5) is 12.9. The number of allylic oxidation sites excluding steroid dienone is 2. The number of amides is 1. The van der Waals surface area contributed by atoms with Crippen LogP contribution in [0.2, 0.25) is 0 Å². The standard InChI is InChI=1S/C22H23NO/c1-15-18-11-5-4-9-16-8-2-3-10-17(16)14-20(15)22(24)23-21-13-7-6-12-19(18)21/h2-3,6-8,10-13,15,20H,4-5,9,14H2,1H3,(H,23,24). The van der Waals surface area contributed by atoms with Gasteiger partial charge in [0.2, 0.25) is 5.91 Å². The Bertz CT molecular complexity index is 805. The molecule has 2 unspecified atom stereocenters. The Morgan fingerprint density at radius 2 is 1.75 bits per heavy atom. The Hall–Kier alpha value is -2.35. The fraction of sp³-hybridized carbons (Fsp3) is 0.318. The first-order chi connectivity index (χ1) is 11.7. The lowest BCUT2D eigenvalue weighted by Gasteiger charge is -2.24. The van der Waals surface area contributed by atoms with Crippen molar-refractivity contribution >= 4 is 17.2 Å². The number of carbonyl (C=O) groups is 1. The predicted molar refractivity (Wildman–Crippen MR) is 98.8 cm³/mol. The monoisotopic (exact) mass is 317 g/mol. The van der Waals surface area contributed by atoms with Crippen LogP contribution in [0.3, 0.4) is 0 Å². The smallest absolute Gasteiger partial charge is 0.228 e. The summed E-state index contributed by atoms with van der Waals surface area (Å²) in [6, 6.07) is 16.8. The second-order valence-corrected chi connectivity index (χ2v) is 6.95. The fourth-order valence-corrected chi connectivity index (χ4v) is 4.11. The lowest BCUT2D eigenvalue weighted by Crippen LogP contribution is -2.28. The number of para-hydroxylation sites is 1. The van der Waals surface area contributed by atoms with Crippen LogP contribution in [0.4, 0.5) is 5.69 Å². The second kappa shape index (κ2) is 6.27. The molecule has 0 spiro atoms. The van der Waals surface area contributed by atoms with Crippen LogP contribution >= 0.6 is 0 Å². The SMILES string of the molecule is CC1C2=CCCCc3ccccc3CC1C(=O)Nc1ccccc12. The van der Waals surface area contributed by atoms with Gasteiger partial charge in [0.15, 0.2) is 0 Å². The molecule has 0 saturated heterocycles. The zero-order valence-corrected chi connectivity index (χ0v) is 14.1. The minimum atomic E-state index is -0.0251. The van der Waals surface area contributed by atoms with Gasteiger partial charge in [-0.1, -0.05) is 55.5 Å². The van der Waals surface area contributed by atoms with Crippen LogP contribution in [0.25, 0.3) is 5.57 Å². The van der Waals surface area contributed by atoms with Gasteiger partial charge in [0, 0.05) is 17.2 Å². The molecule has 1 aliphatic carbocycles. The molecule has 0 radical (unpaired) electrons. The van der Waals surface area contributed by atoms with Crippen molar-refractivity contribution in [1.82, 2.24) is 0 Å². The van der Waals surface area contributed by atoms with Crippen LogP contribution in [-0.4, -0.2) is 5.91 Å². The molecule has 1 heterocycles. The summed E-state index contributed by atoms with van der Waals surface area (Å²) >= 11 is 0. The Labute approximate surface area is 143 Å². The van der Waals surface area contributed by atoms with E-state index in [1.807, 2.05) is 12.1 Å². The summed E-state index contributed by atoms with van der Waals surface area (Å²) in [5.41, 5.74) is 6.20. The lowest BCUT2D eigenvalue weighted by molar-refractivity contribution is -0.120. The van der Waals surface area contributed by atoms with E-state index in [1.165, 1.54) is 22.3 Å². The maximum Gasteiger partial charge on any atom is 0.228 e. The molecule has 2 aromatic carbocycles. The summed E-state index contributed by atoms with van der Waals surface area (Å²) in [6.07, 6.45) is 6.48. The van der Waals surface area contributed by atoms with Crippen LogP contribution in [0.5, 0.6) is 0 Å². The number of fused-ring (bicyclic) bond motifs is 5. The van der Waals surface area contributed by atoms with Crippen molar-refractivity contribution in [3.63, 3.8) is 0 Å². The molecule has 4 rings (SSSR count). The summed E-state index contributed by atoms with van der Waals surface area (Å²) in [7, 11) is 0. The van der Waals surface area contributed by atoms with E-state index in [4.69, 9.17) is 0 Å². The highest BCUT2D eigenvalue weighted by atomic mass is 16.1. The van der Waals surface area contributed by atoms with Gasteiger partial charge in [-0.25, -0.2) is 0 Å². The third-order valence-corrected chi connectivity index (χ3v) is 5.50. The van der Waals surface area contributed by atoms with Crippen molar-refractivity contribution in [2.75, 3.05) is 5.32 Å². The first-order valence-corrected chi connectivity index (χ1v) is 8.91. The topological polar surface area (TPSA) is 29.1 Å². The summed E-state index contributed by atoms with van der Waals surface area (Å²) in [5, 5.41) is 3.17. The quantitative estimate of drug-likeness (QED) is 0.739. The minimum absolute atomic E-state index is 0.0251. The molecule has 1 aliphatic heterocycles. The molecule has 2 aromatic rings. The molecular weight excluding hydrogens is 294 g/mol. The average Bonchev–Trinajstić information content (AvgIpc) is 2.69. The molecule has 1 N–H and O–H groups in total. The van der Waals surface area contributed by atoms with E-state index in [0.717, 1.165) is 31.4 Å². The molecule has 2 atom stereocenters. The number of hydrogen-bond acceptors (Lipinski definition) is 1. The zero-order valence-electron chi connectivity index (χ0n) is 14.1. The highest BCUT2D eigenvalue weighted by Crippen LogP contribution is 2.39. The predicted octanol–water partition coefficient (Wildman–Crippen LogP) is 4.85. The highest BCUT2D eigenvalue weighted by Gasteiger charge is 2.33. The van der Waals surface area contributed by atoms with E-state index in [-0.39, 0.29) is 17.7 Å². The largest absolute Gasteiger partial charge is 0.325 e. The molecule has 2 heteroatoms. The van der Waals surface area contributed by atoms with Gasteiger partial charge < -0.3 is 5.32 Å². The summed E-state index contributed by atoms with van der Waals surface area (Å²) in [6.45, 7) is 2.21. The van der Waals surface area contributed by atoms with Crippen LogP contribution in [0.1, 0.15) is 36.5 Å². The van der Waals surface area contributed by atoms with Gasteiger partial charge in [0.1, 0.15) is 0 Å². The molecule has 2 bridgehead atoms. The Morgan fingerprint density at radius 1 is 1.00 bits per heavy atom. The van der Waals surface area contributed by atoms with Crippen molar-refractivity contribution < 1.29 is 4.79 Å². The lowest BCUT2D eigenvalue weighted by atomic mass is 9.78. The molecule has 0 saturated carbocycles. The van der Waals surface area contributed by atoms with Crippen LogP contribution in [-0.2, 0) is 17.6 Å². The van der Waals surface area contributed by atoms with E-state index in [0.29, 0.717) is 0 Å². The second-order valence-electron chi connectivity index (χ2n) is 6.95. The highest BCUT2D eigenvalue weighted by molar-refractivity contribution is 5.99. The average molecular weight is 317 g/mol. The van der Waals surface area contributed by atoms with E-state index >= 15 is 0 Å². The molecule has 0 aromatic heterocycles. The Balaban J connectivity index is 1.83. The normalized spacial score (nSPS) is 23.2. The number of aryl methyl sites for hydroxylation is 1. The molecule has 2 nitrogen and oxygen atoms in total. The van der Waals surface area contributed by atoms with E-state index in [1.54, 1.807) is 0 Å². The van der Waals surface area contributed by atoms with Gasteiger partial charge in [-0.15, -0.1) is 0 Å². The third kappa shape index (κ3) is 2.66. The first-order valence-electron chi connectivity index (χ1n) is 8.91. The van der Waals surface area contributed by atoms with Gasteiger partial charge in [-0.05, 0) is 54.4 Å². The number of anilines is 1. The van der Waals surface area contributed by atoms with Crippen LogP contribution in [0, 0.1) is 11.8 Å². The maximum absolute atomic E-state index is 12.9. The van der Waals surface area contributed by atoms with Gasteiger partial charge in [0.25, 0.3) is 0 Å². The zero-order chi connectivity index (χ0) is 16.5. The number of hydrogen-bond donors (Lipinski definition) is 1. The van der Waals surface area contributed by atoms with Crippen molar-refractivity contribution in [1.29, 1.82) is 0 Å². The number of benzene rings is 2. The summed E-state index contributed by atoms with van der Waals surface area (Å²) < 4.78 is 0. The molecule has 122 valence electrons. The fourth-order valence-electron chi connectivity index (χ4n) is 4.11. The summed E-state index contributed by atoms with van der Waals surface area (Å²) in [5.74, 6) is 0.344. The van der Waals surface area contributed by atoms with Crippen LogP contribution in [0.15, 0.2) is 54.6 Å². The minimum Gasteiger partial charge on any atom is -0.325 e. The van der Waals surface area contributed by atoms with E-state index < -0.39 is 0 Å². The Kier molecular flexibility index (Phi) is 3.97. The van der Waals surface area contributed by atoms with Crippen molar-refractivity contribution in [2.45, 2.75) is 32.6 Å². The molecular formula is C22H23NO. The number of rotatable bonds is 0. The van der Waals surface area contributed by atoms with Crippen molar-refractivity contribution in [3.8, 4) is 0 Å². The maximum atomic E-state index is 12.9.